The molecule has 1 N–H and O–H groups in total. The van der Waals surface area contributed by atoms with Gasteiger partial charge in [0, 0.05) is 36.3 Å². The lowest BCUT2D eigenvalue weighted by Crippen LogP contribution is -2.60. The molecule has 1 saturated carbocycles. The molecule has 5 aliphatic rings. The van der Waals surface area contributed by atoms with Crippen molar-refractivity contribution in [2.24, 2.45) is 17.8 Å². The molecule has 4 fully saturated rings. The summed E-state index contributed by atoms with van der Waals surface area (Å²) in [7, 11) is 1.46. The van der Waals surface area contributed by atoms with Crippen molar-refractivity contribution < 1.29 is 33.8 Å². The molecule has 2 aromatic rings. The Morgan fingerprint density at radius 1 is 0.978 bits per heavy atom. The first-order valence-corrected chi connectivity index (χ1v) is 16.6. The standard InChI is InChI=1S/C32H30BrCl2N3O7/c1-44-19-6-7-21(24(39)14-19)26-20-8-9-22-25(23(20)15-31(34)29(42)37(16-33)30(43)32(26,31)35)28(41)38(27(22)40)18-4-2-17(3-5-18)36-10-12-45-13-11-36/h2-8,14,22-23,25-26,39H,9-13,15-16H2,1H3/t22-,23+,25-,26+,31+,32-/m0/s1. The predicted molar refractivity (Wildman–Crippen MR) is 170 cm³/mol. The number of benzene rings is 2. The number of nitrogens with zero attached hydrogens (tertiary/aromatic N) is 3. The molecule has 13 heteroatoms. The van der Waals surface area contributed by atoms with Gasteiger partial charge < -0.3 is 19.5 Å². The zero-order valence-corrected chi connectivity index (χ0v) is 27.3. The van der Waals surface area contributed by atoms with Crippen molar-refractivity contribution in [2.45, 2.75) is 28.5 Å². The number of phenolic OH excluding ortho intramolecular Hbond substituents is 1. The van der Waals surface area contributed by atoms with Crippen LogP contribution in [0.15, 0.2) is 54.1 Å². The number of carbonyl (C=O) groups is 4. The highest BCUT2D eigenvalue weighted by Crippen LogP contribution is 2.66. The zero-order valence-electron chi connectivity index (χ0n) is 24.3. The molecule has 0 aromatic heterocycles. The van der Waals surface area contributed by atoms with Crippen LogP contribution in [0.3, 0.4) is 0 Å². The second kappa shape index (κ2) is 11.0. The monoisotopic (exact) mass is 717 g/mol. The predicted octanol–water partition coefficient (Wildman–Crippen LogP) is 4.15. The Labute approximate surface area is 277 Å². The Morgan fingerprint density at radius 2 is 1.67 bits per heavy atom. The number of aromatic hydroxyl groups is 1. The van der Waals surface area contributed by atoms with Gasteiger partial charge in [-0.3, -0.25) is 29.0 Å². The molecule has 4 amide bonds. The van der Waals surface area contributed by atoms with Crippen molar-refractivity contribution >= 4 is 74.1 Å². The summed E-state index contributed by atoms with van der Waals surface area (Å²) in [5.74, 6) is -5.20. The van der Waals surface area contributed by atoms with Gasteiger partial charge >= 0.3 is 0 Å². The van der Waals surface area contributed by atoms with Crippen molar-refractivity contribution in [1.29, 1.82) is 0 Å². The summed E-state index contributed by atoms with van der Waals surface area (Å²) in [6.07, 6.45) is 1.93. The summed E-state index contributed by atoms with van der Waals surface area (Å²) < 4.78 is 10.7. The van der Waals surface area contributed by atoms with Gasteiger partial charge in [0.1, 0.15) is 11.5 Å². The molecule has 3 heterocycles. The van der Waals surface area contributed by atoms with Gasteiger partial charge in [0.2, 0.25) is 11.8 Å². The number of amides is 4. The van der Waals surface area contributed by atoms with E-state index < -0.39 is 51.1 Å². The van der Waals surface area contributed by atoms with Gasteiger partial charge in [-0.25, -0.2) is 0 Å². The number of methoxy groups -OCH3 is 1. The van der Waals surface area contributed by atoms with Gasteiger partial charge in [-0.2, -0.15) is 0 Å². The maximum absolute atomic E-state index is 14.3. The number of carbonyl (C=O) groups excluding carboxylic acids is 4. The summed E-state index contributed by atoms with van der Waals surface area (Å²) >= 11 is 17.7. The van der Waals surface area contributed by atoms with E-state index in [1.165, 1.54) is 18.1 Å². The average molecular weight is 719 g/mol. The number of alkyl halides is 3. The Kier molecular flexibility index (Phi) is 7.46. The van der Waals surface area contributed by atoms with Crippen LogP contribution in [0.5, 0.6) is 11.5 Å². The Hall–Kier alpha value is -3.12. The Bertz CT molecular complexity index is 1650. The fraction of sp³-hybridized carbons (Fsp3) is 0.438. The van der Waals surface area contributed by atoms with Crippen LogP contribution < -0.4 is 14.5 Å². The first-order valence-electron chi connectivity index (χ1n) is 14.7. The van der Waals surface area contributed by atoms with Gasteiger partial charge in [0.25, 0.3) is 11.8 Å². The van der Waals surface area contributed by atoms with Crippen molar-refractivity contribution in [2.75, 3.05) is 48.7 Å². The smallest absolute Gasteiger partial charge is 0.254 e. The van der Waals surface area contributed by atoms with E-state index in [1.54, 1.807) is 24.3 Å². The highest BCUT2D eigenvalue weighted by molar-refractivity contribution is 9.09. The average Bonchev–Trinajstić information content (AvgIpc) is 3.39. The minimum absolute atomic E-state index is 0.129. The minimum atomic E-state index is -2.00. The second-order valence-electron chi connectivity index (χ2n) is 12.0. The number of ether oxygens (including phenoxy) is 2. The van der Waals surface area contributed by atoms with Gasteiger partial charge in [0.05, 0.1) is 43.3 Å². The van der Waals surface area contributed by atoms with Crippen molar-refractivity contribution in [3.8, 4) is 11.5 Å². The number of hydrogen-bond donors (Lipinski definition) is 1. The normalized spacial score (nSPS) is 32.8. The molecule has 0 spiro atoms. The fourth-order valence-electron chi connectivity index (χ4n) is 7.88. The highest BCUT2D eigenvalue weighted by Gasteiger charge is 2.76. The molecule has 45 heavy (non-hydrogen) atoms. The number of halogens is 3. The van der Waals surface area contributed by atoms with E-state index in [0.717, 1.165) is 23.7 Å². The Morgan fingerprint density at radius 3 is 2.31 bits per heavy atom. The molecule has 2 aromatic carbocycles. The number of anilines is 2. The van der Waals surface area contributed by atoms with Crippen molar-refractivity contribution in [3.63, 3.8) is 0 Å². The topological polar surface area (TPSA) is 117 Å². The minimum Gasteiger partial charge on any atom is -0.508 e. The summed E-state index contributed by atoms with van der Waals surface area (Å²) in [4.78, 5) is 56.3. The number of likely N-dealkylation sites (tertiary alicyclic amines) is 1. The van der Waals surface area contributed by atoms with E-state index in [0.29, 0.717) is 30.2 Å². The van der Waals surface area contributed by atoms with Gasteiger partial charge in [-0.05, 0) is 49.1 Å². The van der Waals surface area contributed by atoms with Crippen LogP contribution in [0, 0.1) is 17.8 Å². The van der Waals surface area contributed by atoms with Gasteiger partial charge in [-0.1, -0.05) is 33.6 Å². The van der Waals surface area contributed by atoms with Gasteiger partial charge in [-0.15, -0.1) is 23.2 Å². The number of rotatable bonds is 5. The molecule has 6 atom stereocenters. The number of fused-ring (bicyclic) bond motifs is 4. The van der Waals surface area contributed by atoms with Crippen LogP contribution in [0.4, 0.5) is 11.4 Å². The quantitative estimate of drug-likeness (QED) is 0.212. The van der Waals surface area contributed by atoms with Crippen LogP contribution in [0.2, 0.25) is 0 Å². The first-order chi connectivity index (χ1) is 21.6. The molecule has 0 bridgehead atoms. The van der Waals surface area contributed by atoms with E-state index in [-0.39, 0.29) is 35.5 Å². The third kappa shape index (κ3) is 4.23. The number of phenols is 1. The molecule has 0 unspecified atom stereocenters. The molecule has 236 valence electrons. The molecule has 3 aliphatic heterocycles. The van der Waals surface area contributed by atoms with Crippen LogP contribution >= 0.6 is 39.1 Å². The van der Waals surface area contributed by atoms with E-state index >= 15 is 0 Å². The van der Waals surface area contributed by atoms with Crippen LogP contribution in [-0.4, -0.2) is 82.3 Å². The van der Waals surface area contributed by atoms with Crippen LogP contribution in [-0.2, 0) is 23.9 Å². The summed E-state index contributed by atoms with van der Waals surface area (Å²) in [5.41, 5.74) is 2.18. The number of imide groups is 2. The zero-order chi connectivity index (χ0) is 31.8. The first kappa shape index (κ1) is 30.5. The fourth-order valence-corrected chi connectivity index (χ4v) is 9.30. The SMILES string of the molecule is COc1ccc([C@H]2C3=CC[C@@H]4C(=O)N(c5ccc(N6CCOCC6)cc5)C(=O)[C@@H]4[C@@H]3C[C@@]3(Cl)C(=O)N(CBr)C(=O)[C@@]23Cl)c(O)c1. The summed E-state index contributed by atoms with van der Waals surface area (Å²) in [5, 5.41) is 11.2. The molecule has 7 rings (SSSR count). The summed E-state index contributed by atoms with van der Waals surface area (Å²) in [6, 6.07) is 11.9. The van der Waals surface area contributed by atoms with Crippen molar-refractivity contribution in [1.82, 2.24) is 4.90 Å². The second-order valence-corrected chi connectivity index (χ2v) is 13.8. The highest BCUT2D eigenvalue weighted by atomic mass is 79.9. The molecular weight excluding hydrogens is 689 g/mol. The lowest BCUT2D eigenvalue weighted by molar-refractivity contribution is -0.138. The maximum Gasteiger partial charge on any atom is 0.254 e. The lowest BCUT2D eigenvalue weighted by Gasteiger charge is -2.50. The molecular formula is C32H30BrCl2N3O7. The van der Waals surface area contributed by atoms with Gasteiger partial charge in [0.15, 0.2) is 9.75 Å². The molecule has 2 aliphatic carbocycles. The third-order valence-corrected chi connectivity index (χ3v) is 12.0. The number of morpholine rings is 1. The molecule has 3 saturated heterocycles. The van der Waals surface area contributed by atoms with Crippen LogP contribution in [0.1, 0.15) is 24.3 Å². The summed E-state index contributed by atoms with van der Waals surface area (Å²) in [6.45, 7) is 2.77. The van der Waals surface area contributed by atoms with E-state index in [2.05, 4.69) is 20.8 Å². The third-order valence-electron chi connectivity index (χ3n) is 10.0. The molecule has 10 nitrogen and oxygen atoms in total. The maximum atomic E-state index is 14.3. The lowest BCUT2D eigenvalue weighted by atomic mass is 9.56. The number of hydrogen-bond acceptors (Lipinski definition) is 8. The Balaban J connectivity index is 1.30. The van der Waals surface area contributed by atoms with E-state index in [1.807, 2.05) is 18.2 Å². The molecule has 0 radical (unpaired) electrons. The van der Waals surface area contributed by atoms with Crippen LogP contribution in [0.25, 0.3) is 0 Å². The van der Waals surface area contributed by atoms with Crippen molar-refractivity contribution in [3.05, 3.63) is 59.7 Å². The van der Waals surface area contributed by atoms with E-state index in [9.17, 15) is 24.3 Å². The number of allylic oxidation sites excluding steroid dienone is 2. The van der Waals surface area contributed by atoms with E-state index in [4.69, 9.17) is 32.7 Å². The largest absolute Gasteiger partial charge is 0.508 e.